The van der Waals surface area contributed by atoms with E-state index in [0.717, 1.165) is 38.0 Å². The Hall–Kier alpha value is -1.16. The van der Waals surface area contributed by atoms with Crippen molar-refractivity contribution in [1.29, 1.82) is 0 Å². The molecule has 1 saturated carbocycles. The van der Waals surface area contributed by atoms with E-state index < -0.39 is 0 Å². The van der Waals surface area contributed by atoms with Crippen LogP contribution in [-0.4, -0.2) is 33.1 Å². The molecule has 0 spiro atoms. The van der Waals surface area contributed by atoms with E-state index in [1.54, 1.807) is 0 Å². The van der Waals surface area contributed by atoms with Crippen LogP contribution in [0, 0.1) is 12.8 Å². The second-order valence-electron chi connectivity index (χ2n) is 6.40. The molecule has 4 nitrogen and oxygen atoms in total. The molecule has 0 N–H and O–H groups in total. The lowest BCUT2D eigenvalue weighted by molar-refractivity contribution is -0.123. The molecular weight excluding hydrogens is 250 g/mol. The minimum absolute atomic E-state index is 0.296. The smallest absolute Gasteiger partial charge is 0.137 e. The lowest BCUT2D eigenvalue weighted by Gasteiger charge is -2.38. The first-order chi connectivity index (χ1) is 9.65. The number of rotatable bonds is 3. The number of likely N-dealkylation sites (tertiary alicyclic amines) is 1. The summed E-state index contributed by atoms with van der Waals surface area (Å²) in [6.07, 6.45) is 6.72. The van der Waals surface area contributed by atoms with Gasteiger partial charge in [0.05, 0.1) is 11.4 Å². The molecule has 1 aromatic rings. The van der Waals surface area contributed by atoms with E-state index in [2.05, 4.69) is 16.1 Å². The van der Waals surface area contributed by atoms with Crippen molar-refractivity contribution in [3.63, 3.8) is 0 Å². The number of carbonyl (C=O) groups is 1. The lowest BCUT2D eigenvalue weighted by Crippen LogP contribution is -2.45. The van der Waals surface area contributed by atoms with Crippen LogP contribution < -0.4 is 0 Å². The minimum Gasteiger partial charge on any atom is -0.299 e. The number of aromatic nitrogens is 2. The summed E-state index contributed by atoms with van der Waals surface area (Å²) in [5.74, 6) is 0.799. The molecule has 1 aliphatic heterocycles. The van der Waals surface area contributed by atoms with Gasteiger partial charge < -0.3 is 0 Å². The second-order valence-corrected chi connectivity index (χ2v) is 6.40. The quantitative estimate of drug-likeness (QED) is 0.850. The number of ketones is 1. The van der Waals surface area contributed by atoms with Crippen LogP contribution in [0.15, 0.2) is 6.07 Å². The van der Waals surface area contributed by atoms with Crippen LogP contribution in [0.1, 0.15) is 49.9 Å². The van der Waals surface area contributed by atoms with Crippen LogP contribution in [0.3, 0.4) is 0 Å². The van der Waals surface area contributed by atoms with Crippen LogP contribution >= 0.6 is 0 Å². The lowest BCUT2D eigenvalue weighted by atomic mass is 9.88. The van der Waals surface area contributed by atoms with E-state index in [4.69, 9.17) is 0 Å². The Kier molecular flexibility index (Phi) is 3.92. The fourth-order valence-corrected chi connectivity index (χ4v) is 3.94. The van der Waals surface area contributed by atoms with Crippen molar-refractivity contribution in [2.24, 2.45) is 13.0 Å². The normalized spacial score (nSPS) is 28.2. The van der Waals surface area contributed by atoms with Gasteiger partial charge in [-0.05, 0) is 45.2 Å². The van der Waals surface area contributed by atoms with E-state index in [-0.39, 0.29) is 0 Å². The highest BCUT2D eigenvalue weighted by Gasteiger charge is 2.36. The monoisotopic (exact) mass is 275 g/mol. The Labute approximate surface area is 121 Å². The number of hydrogen-bond acceptors (Lipinski definition) is 3. The first-order valence-electron chi connectivity index (χ1n) is 7.91. The molecule has 2 unspecified atom stereocenters. The van der Waals surface area contributed by atoms with Crippen molar-refractivity contribution in [3.8, 4) is 0 Å². The highest BCUT2D eigenvalue weighted by molar-refractivity contribution is 5.83. The van der Waals surface area contributed by atoms with Gasteiger partial charge in [-0.15, -0.1) is 0 Å². The first-order valence-corrected chi connectivity index (χ1v) is 7.91. The average molecular weight is 275 g/mol. The maximum absolute atomic E-state index is 12.1. The molecule has 110 valence electrons. The number of nitrogens with zero attached hydrogens (tertiary/aromatic N) is 3. The van der Waals surface area contributed by atoms with Crippen LogP contribution in [0.4, 0.5) is 0 Å². The Morgan fingerprint density at radius 3 is 2.80 bits per heavy atom. The SMILES string of the molecule is Cc1cc(CN2CCCCC2C2CCCC2=O)n(C)n1. The van der Waals surface area contributed by atoms with Gasteiger partial charge in [0.2, 0.25) is 0 Å². The summed E-state index contributed by atoms with van der Waals surface area (Å²) in [5, 5.41) is 4.44. The molecular formula is C16H25N3O. The van der Waals surface area contributed by atoms with Crippen LogP contribution in [0.2, 0.25) is 0 Å². The van der Waals surface area contributed by atoms with Gasteiger partial charge in [-0.1, -0.05) is 6.42 Å². The summed E-state index contributed by atoms with van der Waals surface area (Å²) in [4.78, 5) is 14.6. The summed E-state index contributed by atoms with van der Waals surface area (Å²) in [6.45, 7) is 4.10. The summed E-state index contributed by atoms with van der Waals surface area (Å²) < 4.78 is 1.98. The zero-order chi connectivity index (χ0) is 14.1. The molecule has 0 radical (unpaired) electrons. The molecule has 20 heavy (non-hydrogen) atoms. The molecule has 2 aliphatic rings. The maximum atomic E-state index is 12.1. The van der Waals surface area contributed by atoms with E-state index >= 15 is 0 Å². The third-order valence-electron chi connectivity index (χ3n) is 4.94. The number of piperidine rings is 1. The average Bonchev–Trinajstić information content (AvgIpc) is 2.97. The zero-order valence-electron chi connectivity index (χ0n) is 12.6. The molecule has 0 aromatic carbocycles. The topological polar surface area (TPSA) is 38.1 Å². The number of Topliss-reactive ketones (excluding diaryl/α,β-unsaturated/α-hetero) is 1. The fourth-order valence-electron chi connectivity index (χ4n) is 3.94. The van der Waals surface area contributed by atoms with Crippen LogP contribution in [0.25, 0.3) is 0 Å². The summed E-state index contributed by atoms with van der Waals surface area (Å²) in [7, 11) is 2.02. The van der Waals surface area contributed by atoms with Crippen molar-refractivity contribution < 1.29 is 4.79 Å². The van der Waals surface area contributed by atoms with Gasteiger partial charge in [0.25, 0.3) is 0 Å². The van der Waals surface area contributed by atoms with E-state index in [1.165, 1.54) is 25.0 Å². The molecule has 2 fully saturated rings. The van der Waals surface area contributed by atoms with Gasteiger partial charge >= 0.3 is 0 Å². The molecule has 1 aromatic heterocycles. The highest BCUT2D eigenvalue weighted by atomic mass is 16.1. The molecule has 4 heteroatoms. The van der Waals surface area contributed by atoms with Crippen LogP contribution in [-0.2, 0) is 18.4 Å². The van der Waals surface area contributed by atoms with Crippen molar-refractivity contribution in [2.75, 3.05) is 6.54 Å². The number of hydrogen-bond donors (Lipinski definition) is 0. The van der Waals surface area contributed by atoms with Gasteiger partial charge in [-0.3, -0.25) is 14.4 Å². The van der Waals surface area contributed by atoms with Gasteiger partial charge in [0.15, 0.2) is 0 Å². The third-order valence-corrected chi connectivity index (χ3v) is 4.94. The third kappa shape index (κ3) is 2.66. The van der Waals surface area contributed by atoms with Crippen LogP contribution in [0.5, 0.6) is 0 Å². The summed E-state index contributed by atoms with van der Waals surface area (Å²) in [6, 6.07) is 2.64. The molecule has 1 saturated heterocycles. The molecule has 3 rings (SSSR count). The van der Waals surface area contributed by atoms with Gasteiger partial charge in [0.1, 0.15) is 5.78 Å². The van der Waals surface area contributed by atoms with E-state index in [1.807, 2.05) is 18.7 Å². The van der Waals surface area contributed by atoms with Crippen molar-refractivity contribution in [2.45, 2.75) is 58.0 Å². The van der Waals surface area contributed by atoms with Crippen molar-refractivity contribution >= 4 is 5.78 Å². The number of carbonyl (C=O) groups excluding carboxylic acids is 1. The van der Waals surface area contributed by atoms with Gasteiger partial charge in [-0.2, -0.15) is 5.10 Å². The Morgan fingerprint density at radius 1 is 1.30 bits per heavy atom. The number of aryl methyl sites for hydroxylation is 2. The minimum atomic E-state index is 0.296. The Morgan fingerprint density at radius 2 is 2.15 bits per heavy atom. The van der Waals surface area contributed by atoms with Crippen molar-refractivity contribution in [3.05, 3.63) is 17.5 Å². The fraction of sp³-hybridized carbons (Fsp3) is 0.750. The zero-order valence-corrected chi connectivity index (χ0v) is 12.6. The first kappa shape index (κ1) is 13.8. The van der Waals surface area contributed by atoms with Gasteiger partial charge in [-0.25, -0.2) is 0 Å². The van der Waals surface area contributed by atoms with Gasteiger partial charge in [0, 0.05) is 32.0 Å². The largest absolute Gasteiger partial charge is 0.299 e. The highest BCUT2D eigenvalue weighted by Crippen LogP contribution is 2.33. The summed E-state index contributed by atoms with van der Waals surface area (Å²) in [5.41, 5.74) is 2.34. The summed E-state index contributed by atoms with van der Waals surface area (Å²) >= 11 is 0. The predicted molar refractivity (Wildman–Crippen MR) is 78.3 cm³/mol. The van der Waals surface area contributed by atoms with Crippen molar-refractivity contribution in [1.82, 2.24) is 14.7 Å². The standard InChI is InChI=1S/C16H25N3O/c1-12-10-13(18(2)17-12)11-19-9-4-3-7-15(19)14-6-5-8-16(14)20/h10,14-15H,3-9,11H2,1-2H3. The predicted octanol–water partition coefficient (Wildman–Crippen LogP) is 2.45. The van der Waals surface area contributed by atoms with E-state index in [0.29, 0.717) is 17.7 Å². The maximum Gasteiger partial charge on any atom is 0.137 e. The molecule has 0 bridgehead atoms. The Bertz CT molecular complexity index is 494. The second kappa shape index (κ2) is 5.68. The van der Waals surface area contributed by atoms with E-state index in [9.17, 15) is 4.79 Å². The molecule has 1 aliphatic carbocycles. The Balaban J connectivity index is 1.75. The molecule has 2 atom stereocenters. The molecule has 0 amide bonds. The molecule has 2 heterocycles.